The summed E-state index contributed by atoms with van der Waals surface area (Å²) in [5.41, 5.74) is 5.54. The van der Waals surface area contributed by atoms with Crippen LogP contribution in [0.5, 0.6) is 0 Å². The van der Waals surface area contributed by atoms with E-state index in [1.54, 1.807) is 11.8 Å². The molecule has 2 heterocycles. The number of thiazole rings is 1. The lowest BCUT2D eigenvalue weighted by Crippen LogP contribution is -2.21. The molecule has 1 aliphatic rings. The van der Waals surface area contributed by atoms with Crippen LogP contribution < -0.4 is 9.91 Å². The highest BCUT2D eigenvalue weighted by atomic mass is 32.2. The molecule has 0 fully saturated rings. The first-order valence-electron chi connectivity index (χ1n) is 10.9. The number of rotatable bonds is 6. The number of fused-ring (bicyclic) bond motifs is 1. The average molecular weight is 485 g/mol. The Hall–Kier alpha value is -3.42. The van der Waals surface area contributed by atoms with Gasteiger partial charge in [-0.1, -0.05) is 53.3 Å². The maximum absolute atomic E-state index is 13.5. The average Bonchev–Trinajstić information content (AvgIpc) is 3.40. The van der Waals surface area contributed by atoms with E-state index < -0.39 is 0 Å². The maximum atomic E-state index is 13.5. The van der Waals surface area contributed by atoms with Crippen LogP contribution in [0.3, 0.4) is 0 Å². The van der Waals surface area contributed by atoms with Gasteiger partial charge < -0.3 is 4.90 Å². The van der Waals surface area contributed by atoms with Crippen molar-refractivity contribution in [3.8, 4) is 0 Å². The normalized spacial score (nSPS) is 14.8. The summed E-state index contributed by atoms with van der Waals surface area (Å²) in [5.74, 6) is 0.452. The molecule has 0 spiro atoms. The van der Waals surface area contributed by atoms with Crippen molar-refractivity contribution in [3.63, 3.8) is 0 Å². The predicted octanol–water partition coefficient (Wildman–Crippen LogP) is 6.25. The van der Waals surface area contributed by atoms with E-state index in [1.807, 2.05) is 56.6 Å². The number of benzene rings is 3. The van der Waals surface area contributed by atoms with Gasteiger partial charge in [0.1, 0.15) is 0 Å². The minimum atomic E-state index is -0.143. The van der Waals surface area contributed by atoms with Crippen molar-refractivity contribution in [1.29, 1.82) is 0 Å². The second kappa shape index (κ2) is 9.44. The zero-order chi connectivity index (χ0) is 23.7. The lowest BCUT2D eigenvalue weighted by molar-refractivity contribution is -0.114. The molecular formula is C27H24N4OS2. The van der Waals surface area contributed by atoms with Crippen LogP contribution in [0.1, 0.15) is 11.1 Å². The number of aromatic nitrogens is 1. The first kappa shape index (κ1) is 22.4. The number of hydrogen-bond donors (Lipinski definition) is 0. The summed E-state index contributed by atoms with van der Waals surface area (Å²) in [6.07, 6.45) is 1.93. The number of carbonyl (C=O) groups excluding carboxylic acids is 1. The van der Waals surface area contributed by atoms with E-state index in [0.29, 0.717) is 16.5 Å². The van der Waals surface area contributed by atoms with Crippen LogP contribution in [0, 0.1) is 6.92 Å². The molecule has 0 aliphatic carbocycles. The number of hydrogen-bond acceptors (Lipinski definition) is 6. The van der Waals surface area contributed by atoms with Crippen LogP contribution in [0.2, 0.25) is 0 Å². The van der Waals surface area contributed by atoms with Crippen molar-refractivity contribution >= 4 is 61.8 Å². The van der Waals surface area contributed by atoms with Crippen molar-refractivity contribution in [2.45, 2.75) is 11.8 Å². The summed E-state index contributed by atoms with van der Waals surface area (Å²) in [6.45, 7) is 2.08. The molecular weight excluding hydrogens is 460 g/mol. The first-order valence-corrected chi connectivity index (χ1v) is 12.7. The van der Waals surface area contributed by atoms with Gasteiger partial charge in [-0.3, -0.25) is 4.79 Å². The largest absolute Gasteiger partial charge is 0.378 e. The monoisotopic (exact) mass is 484 g/mol. The van der Waals surface area contributed by atoms with E-state index in [1.165, 1.54) is 21.9 Å². The summed E-state index contributed by atoms with van der Waals surface area (Å²) < 4.78 is 1.03. The molecule has 5 nitrogen and oxygen atoms in total. The Labute approximate surface area is 207 Å². The second-order valence-electron chi connectivity index (χ2n) is 8.27. The van der Waals surface area contributed by atoms with Crippen molar-refractivity contribution < 1.29 is 4.79 Å². The van der Waals surface area contributed by atoms with Gasteiger partial charge in [-0.2, -0.15) is 10.1 Å². The topological polar surface area (TPSA) is 48.8 Å². The number of amides is 1. The van der Waals surface area contributed by atoms with Gasteiger partial charge >= 0.3 is 0 Å². The Morgan fingerprint density at radius 1 is 1.00 bits per heavy atom. The SMILES string of the molecule is Cc1ccc(SCC2=NN(c3nc4ccccc4s3)C(=O)C2=Cc2ccc(N(C)C)cc2)cc1. The minimum absolute atomic E-state index is 0.143. The van der Waals surface area contributed by atoms with Gasteiger partial charge in [0.15, 0.2) is 0 Å². The maximum Gasteiger partial charge on any atom is 0.282 e. The third-order valence-electron chi connectivity index (χ3n) is 5.54. The van der Waals surface area contributed by atoms with Crippen molar-refractivity contribution in [2.24, 2.45) is 5.10 Å². The highest BCUT2D eigenvalue weighted by molar-refractivity contribution is 8.00. The number of hydrazone groups is 1. The molecule has 0 radical (unpaired) electrons. The number of aryl methyl sites for hydroxylation is 1. The third-order valence-corrected chi connectivity index (χ3v) is 7.57. The molecule has 0 saturated heterocycles. The number of anilines is 2. The van der Waals surface area contributed by atoms with Crippen molar-refractivity contribution in [3.05, 3.63) is 89.5 Å². The highest BCUT2D eigenvalue weighted by Gasteiger charge is 2.33. The molecule has 0 unspecified atom stereocenters. The summed E-state index contributed by atoms with van der Waals surface area (Å²) in [7, 11) is 4.02. The van der Waals surface area contributed by atoms with E-state index in [4.69, 9.17) is 5.10 Å². The molecule has 4 aromatic rings. The molecule has 170 valence electrons. The highest BCUT2D eigenvalue weighted by Crippen LogP contribution is 2.34. The van der Waals surface area contributed by atoms with Crippen molar-refractivity contribution in [2.75, 3.05) is 29.8 Å². The molecule has 0 bridgehead atoms. The zero-order valence-electron chi connectivity index (χ0n) is 19.2. The molecule has 0 saturated carbocycles. The summed E-state index contributed by atoms with van der Waals surface area (Å²) in [6, 6.07) is 24.5. The Morgan fingerprint density at radius 2 is 1.74 bits per heavy atom. The summed E-state index contributed by atoms with van der Waals surface area (Å²) in [4.78, 5) is 21.4. The molecule has 0 atom stereocenters. The molecule has 3 aromatic carbocycles. The smallest absolute Gasteiger partial charge is 0.282 e. The molecule has 34 heavy (non-hydrogen) atoms. The molecule has 7 heteroatoms. The summed E-state index contributed by atoms with van der Waals surface area (Å²) >= 11 is 3.15. The third kappa shape index (κ3) is 4.62. The Bertz CT molecular complexity index is 1370. The minimum Gasteiger partial charge on any atom is -0.378 e. The standard InChI is InChI=1S/C27H24N4OS2/c1-18-8-14-21(15-9-18)33-17-24-22(16-19-10-12-20(13-11-19)30(2)3)26(32)31(29-24)27-28-23-6-4-5-7-25(23)34-27/h4-16H,17H2,1-3H3. The molecule has 1 amide bonds. The van der Waals surface area contributed by atoms with E-state index >= 15 is 0 Å². The fourth-order valence-corrected chi connectivity index (χ4v) is 5.37. The van der Waals surface area contributed by atoms with Gasteiger partial charge in [-0.25, -0.2) is 4.98 Å². The molecule has 1 aliphatic heterocycles. The van der Waals surface area contributed by atoms with Crippen LogP contribution in [0.4, 0.5) is 10.8 Å². The van der Waals surface area contributed by atoms with E-state index in [2.05, 4.69) is 53.2 Å². The lowest BCUT2D eigenvalue weighted by atomic mass is 10.1. The van der Waals surface area contributed by atoms with Crippen LogP contribution >= 0.6 is 23.1 Å². The number of nitrogens with zero attached hydrogens (tertiary/aromatic N) is 4. The Kier molecular flexibility index (Phi) is 6.22. The second-order valence-corrected chi connectivity index (χ2v) is 10.3. The van der Waals surface area contributed by atoms with Crippen LogP contribution in [0.15, 0.2) is 88.4 Å². The lowest BCUT2D eigenvalue weighted by Gasteiger charge is -2.12. The van der Waals surface area contributed by atoms with Crippen LogP contribution in [-0.4, -0.2) is 36.5 Å². The molecule has 5 rings (SSSR count). The van der Waals surface area contributed by atoms with E-state index in [9.17, 15) is 4.79 Å². The van der Waals surface area contributed by atoms with Gasteiger partial charge in [-0.15, -0.1) is 11.8 Å². The van der Waals surface area contributed by atoms with Crippen LogP contribution in [0.25, 0.3) is 16.3 Å². The Balaban J connectivity index is 1.48. The first-order chi connectivity index (χ1) is 16.5. The fourth-order valence-electron chi connectivity index (χ4n) is 3.61. The number of carbonyl (C=O) groups is 1. The summed E-state index contributed by atoms with van der Waals surface area (Å²) in [5, 5.41) is 6.79. The van der Waals surface area contributed by atoms with Gasteiger partial charge in [0.05, 0.1) is 21.5 Å². The van der Waals surface area contributed by atoms with Crippen molar-refractivity contribution in [1.82, 2.24) is 4.98 Å². The Morgan fingerprint density at radius 3 is 2.44 bits per heavy atom. The molecule has 0 N–H and O–H groups in total. The van der Waals surface area contributed by atoms with Gasteiger partial charge in [0.2, 0.25) is 5.13 Å². The van der Waals surface area contributed by atoms with Gasteiger partial charge in [0.25, 0.3) is 5.91 Å². The van der Waals surface area contributed by atoms with Gasteiger partial charge in [-0.05, 0) is 55.0 Å². The number of para-hydroxylation sites is 1. The van der Waals surface area contributed by atoms with Gasteiger partial charge in [0, 0.05) is 30.4 Å². The quantitative estimate of drug-likeness (QED) is 0.240. The van der Waals surface area contributed by atoms with E-state index in [0.717, 1.165) is 32.1 Å². The zero-order valence-corrected chi connectivity index (χ0v) is 20.9. The van der Waals surface area contributed by atoms with Crippen LogP contribution in [-0.2, 0) is 4.79 Å². The predicted molar refractivity (Wildman–Crippen MR) is 145 cm³/mol. The molecule has 1 aromatic heterocycles. The van der Waals surface area contributed by atoms with E-state index in [-0.39, 0.29) is 5.91 Å². The number of thioether (sulfide) groups is 1. The fraction of sp³-hybridized carbons (Fsp3) is 0.148.